The Hall–Kier alpha value is -1.20. The summed E-state index contributed by atoms with van der Waals surface area (Å²) in [5.74, 6) is -0.748. The minimum atomic E-state index is -1.05. The Morgan fingerprint density at radius 1 is 0.946 bits per heavy atom. The molecule has 37 heavy (non-hydrogen) atoms. The lowest BCUT2D eigenvalue weighted by molar-refractivity contribution is -0.279. The lowest BCUT2D eigenvalue weighted by Gasteiger charge is -2.70. The van der Waals surface area contributed by atoms with E-state index in [0.29, 0.717) is 18.9 Å². The molecular formula is C32H48O5. The van der Waals surface area contributed by atoms with Gasteiger partial charge in [-0.3, -0.25) is 9.59 Å². The molecule has 0 aromatic rings. The zero-order valence-corrected chi connectivity index (χ0v) is 24.2. The fourth-order valence-corrected chi connectivity index (χ4v) is 11.4. The van der Waals surface area contributed by atoms with Gasteiger partial charge in [-0.25, -0.2) is 0 Å². The standard InChI is InChI=1S/C32H48O5/c1-26(2)10-13-31(25(34)36-7)14-12-30(6)24(20(31)19-26)21(33)18-23-27(3)11-15-32(35)29(5,16-17-37-32)22(27)8-9-28(23,30)4/h18,20,22,24,35H,8-17,19H2,1-7H3/t20-,22+,24-,27-,28+,29-,30+,31-,32+/m0/s1. The van der Waals surface area contributed by atoms with Crippen LogP contribution in [0.2, 0.25) is 0 Å². The minimum absolute atomic E-state index is 0.0206. The number of hydrogen-bond donors (Lipinski definition) is 1. The van der Waals surface area contributed by atoms with Crippen molar-refractivity contribution in [2.24, 2.45) is 50.2 Å². The van der Waals surface area contributed by atoms with E-state index in [0.717, 1.165) is 57.8 Å². The zero-order chi connectivity index (χ0) is 26.9. The normalized spacial score (nSPS) is 54.1. The summed E-state index contributed by atoms with van der Waals surface area (Å²) in [6.07, 6.45) is 10.9. The molecule has 9 atom stereocenters. The average Bonchev–Trinajstić information content (AvgIpc) is 3.14. The highest BCUT2D eigenvalue weighted by Gasteiger charge is 2.73. The number of hydrogen-bond acceptors (Lipinski definition) is 5. The van der Waals surface area contributed by atoms with Crippen molar-refractivity contribution in [1.82, 2.24) is 0 Å². The van der Waals surface area contributed by atoms with Crippen molar-refractivity contribution in [3.63, 3.8) is 0 Å². The topological polar surface area (TPSA) is 72.8 Å². The molecule has 0 amide bonds. The highest BCUT2D eigenvalue weighted by Crippen LogP contribution is 2.76. The molecule has 5 heteroatoms. The number of methoxy groups -OCH3 is 1. The minimum Gasteiger partial charge on any atom is -0.469 e. The number of allylic oxidation sites excluding steroid dienone is 2. The van der Waals surface area contributed by atoms with Gasteiger partial charge in [0.15, 0.2) is 11.6 Å². The molecule has 4 saturated carbocycles. The van der Waals surface area contributed by atoms with Gasteiger partial charge in [-0.15, -0.1) is 0 Å². The molecule has 5 nitrogen and oxygen atoms in total. The van der Waals surface area contributed by atoms with E-state index in [1.807, 2.05) is 0 Å². The van der Waals surface area contributed by atoms with Gasteiger partial charge < -0.3 is 14.6 Å². The fraction of sp³-hybridized carbons (Fsp3) is 0.875. The van der Waals surface area contributed by atoms with Gasteiger partial charge in [0.1, 0.15) is 0 Å². The molecule has 5 fully saturated rings. The van der Waals surface area contributed by atoms with Gasteiger partial charge in [0.2, 0.25) is 0 Å². The molecule has 6 aliphatic rings. The molecule has 0 aromatic heterocycles. The third kappa shape index (κ3) is 2.94. The van der Waals surface area contributed by atoms with E-state index in [9.17, 15) is 14.7 Å². The third-order valence-corrected chi connectivity index (χ3v) is 13.9. The quantitative estimate of drug-likeness (QED) is 0.422. The summed E-state index contributed by atoms with van der Waals surface area (Å²) < 4.78 is 11.4. The van der Waals surface area contributed by atoms with Crippen LogP contribution in [0.1, 0.15) is 106 Å². The van der Waals surface area contributed by atoms with Crippen molar-refractivity contribution in [3.05, 3.63) is 11.6 Å². The van der Waals surface area contributed by atoms with Crippen LogP contribution in [0.15, 0.2) is 11.6 Å². The predicted octanol–water partition coefficient (Wildman–Crippen LogP) is 6.23. The Labute approximate surface area is 223 Å². The number of fused-ring (bicyclic) bond motifs is 9. The molecular weight excluding hydrogens is 464 g/mol. The van der Waals surface area contributed by atoms with Crippen LogP contribution in [0.5, 0.6) is 0 Å². The second kappa shape index (κ2) is 7.50. The van der Waals surface area contributed by atoms with Gasteiger partial charge >= 0.3 is 5.97 Å². The molecule has 0 radical (unpaired) electrons. The Morgan fingerprint density at radius 2 is 1.65 bits per heavy atom. The lowest BCUT2D eigenvalue weighted by Crippen LogP contribution is -2.67. The second-order valence-corrected chi connectivity index (χ2v) is 15.6. The molecule has 0 aromatic carbocycles. The van der Waals surface area contributed by atoms with Crippen LogP contribution in [0.4, 0.5) is 0 Å². The number of ketones is 1. The number of esters is 1. The van der Waals surface area contributed by atoms with Gasteiger partial charge in [0.05, 0.1) is 19.1 Å². The van der Waals surface area contributed by atoms with Crippen molar-refractivity contribution in [3.8, 4) is 0 Å². The van der Waals surface area contributed by atoms with Gasteiger partial charge in [-0.1, -0.05) is 47.1 Å². The monoisotopic (exact) mass is 512 g/mol. The van der Waals surface area contributed by atoms with Crippen LogP contribution >= 0.6 is 0 Å². The number of carbonyl (C=O) groups excluding carboxylic acids is 2. The Morgan fingerprint density at radius 3 is 2.35 bits per heavy atom. The van der Waals surface area contributed by atoms with Crippen LogP contribution < -0.4 is 0 Å². The third-order valence-electron chi connectivity index (χ3n) is 13.9. The molecule has 5 aliphatic carbocycles. The molecule has 0 bridgehead atoms. The second-order valence-electron chi connectivity index (χ2n) is 15.6. The first kappa shape index (κ1) is 26.0. The Balaban J connectivity index is 1.48. The molecule has 1 N–H and O–H groups in total. The largest absolute Gasteiger partial charge is 0.469 e. The fourth-order valence-electron chi connectivity index (χ4n) is 11.4. The summed E-state index contributed by atoms with van der Waals surface area (Å²) >= 11 is 0. The van der Waals surface area contributed by atoms with Crippen molar-refractivity contribution in [2.75, 3.05) is 13.7 Å². The summed E-state index contributed by atoms with van der Waals surface area (Å²) in [7, 11) is 1.52. The average molecular weight is 513 g/mol. The number of carbonyl (C=O) groups is 2. The Kier molecular flexibility index (Phi) is 5.28. The first-order chi connectivity index (χ1) is 17.1. The molecule has 206 valence electrons. The van der Waals surface area contributed by atoms with Gasteiger partial charge in [0, 0.05) is 17.8 Å². The van der Waals surface area contributed by atoms with Crippen LogP contribution in [0.25, 0.3) is 0 Å². The summed E-state index contributed by atoms with van der Waals surface area (Å²) in [5.41, 5.74) is 0.181. The van der Waals surface area contributed by atoms with Gasteiger partial charge in [0.25, 0.3) is 0 Å². The first-order valence-corrected chi connectivity index (χ1v) is 14.8. The van der Waals surface area contributed by atoms with Crippen LogP contribution in [-0.4, -0.2) is 36.4 Å². The van der Waals surface area contributed by atoms with Crippen LogP contribution in [0, 0.1) is 50.2 Å². The number of ether oxygens (including phenoxy) is 2. The molecule has 6 rings (SSSR count). The molecule has 1 heterocycles. The summed E-state index contributed by atoms with van der Waals surface area (Å²) in [6, 6.07) is 0. The first-order valence-electron chi connectivity index (χ1n) is 14.8. The van der Waals surface area contributed by atoms with Crippen molar-refractivity contribution in [2.45, 2.75) is 112 Å². The van der Waals surface area contributed by atoms with E-state index in [-0.39, 0.29) is 50.7 Å². The van der Waals surface area contributed by atoms with E-state index in [1.165, 1.54) is 12.7 Å². The Bertz CT molecular complexity index is 1080. The highest BCUT2D eigenvalue weighted by atomic mass is 16.6. The van der Waals surface area contributed by atoms with Crippen molar-refractivity contribution < 1.29 is 24.2 Å². The lowest BCUT2D eigenvalue weighted by atomic mass is 9.33. The SMILES string of the molecule is COC(=O)[C@]12CCC(C)(C)C[C@H]1[C@H]1C(=O)C=C3[C@@]4(C)CC[C@@]5(O)OCC[C@@]5(C)[C@@H]4CC[C@@]3(C)[C@]1(C)CC2. The zero-order valence-electron chi connectivity index (χ0n) is 24.2. The van der Waals surface area contributed by atoms with Crippen LogP contribution in [-0.2, 0) is 19.1 Å². The van der Waals surface area contributed by atoms with Gasteiger partial charge in [-0.05, 0) is 97.4 Å². The summed E-state index contributed by atoms with van der Waals surface area (Å²) in [5, 5.41) is 11.5. The van der Waals surface area contributed by atoms with E-state index in [2.05, 4.69) is 47.6 Å². The van der Waals surface area contributed by atoms with Crippen LogP contribution in [0.3, 0.4) is 0 Å². The molecule has 0 unspecified atom stereocenters. The molecule has 0 spiro atoms. The molecule has 1 saturated heterocycles. The van der Waals surface area contributed by atoms with E-state index < -0.39 is 11.2 Å². The van der Waals surface area contributed by atoms with Crippen molar-refractivity contribution >= 4 is 11.8 Å². The van der Waals surface area contributed by atoms with Crippen molar-refractivity contribution in [1.29, 1.82) is 0 Å². The summed E-state index contributed by atoms with van der Waals surface area (Å²) in [4.78, 5) is 27.8. The van der Waals surface area contributed by atoms with E-state index in [4.69, 9.17) is 9.47 Å². The van der Waals surface area contributed by atoms with Gasteiger partial charge in [-0.2, -0.15) is 0 Å². The smallest absolute Gasteiger partial charge is 0.312 e. The number of aliphatic hydroxyl groups is 1. The number of rotatable bonds is 1. The maximum Gasteiger partial charge on any atom is 0.312 e. The highest BCUT2D eigenvalue weighted by molar-refractivity contribution is 5.96. The van der Waals surface area contributed by atoms with E-state index >= 15 is 0 Å². The maximum absolute atomic E-state index is 14.4. The predicted molar refractivity (Wildman–Crippen MR) is 141 cm³/mol. The van der Waals surface area contributed by atoms with E-state index in [1.54, 1.807) is 0 Å². The maximum atomic E-state index is 14.4. The summed E-state index contributed by atoms with van der Waals surface area (Å²) in [6.45, 7) is 14.7. The molecule has 1 aliphatic heterocycles.